The van der Waals surface area contributed by atoms with Crippen molar-refractivity contribution in [1.29, 1.82) is 0 Å². The van der Waals surface area contributed by atoms with E-state index in [-0.39, 0.29) is 17.4 Å². The number of rotatable bonds is 6. The maximum Gasteiger partial charge on any atom is 0.251 e. The third-order valence-electron chi connectivity index (χ3n) is 4.17. The summed E-state index contributed by atoms with van der Waals surface area (Å²) in [5.41, 5.74) is 1.89. The maximum atomic E-state index is 13.3. The molecule has 3 aromatic rings. The van der Waals surface area contributed by atoms with E-state index in [1.165, 1.54) is 24.4 Å². The lowest BCUT2D eigenvalue weighted by atomic mass is 9.98. The first-order chi connectivity index (χ1) is 13.0. The zero-order valence-electron chi connectivity index (χ0n) is 14.7. The summed E-state index contributed by atoms with van der Waals surface area (Å²) in [6.07, 6.45) is 1.69. The number of hydrogen-bond acceptors (Lipinski definition) is 3. The van der Waals surface area contributed by atoms with E-state index in [9.17, 15) is 13.6 Å². The van der Waals surface area contributed by atoms with E-state index < -0.39 is 11.9 Å². The predicted molar refractivity (Wildman–Crippen MR) is 97.5 cm³/mol. The molecular formula is C21H18F2N2O2. The lowest BCUT2D eigenvalue weighted by molar-refractivity contribution is 0.0936. The highest BCUT2D eigenvalue weighted by atomic mass is 19.1. The molecule has 0 bridgehead atoms. The molecule has 0 aliphatic rings. The average Bonchev–Trinajstić information content (AvgIpc) is 2.69. The minimum atomic E-state index is -0.720. The van der Waals surface area contributed by atoms with Crippen LogP contribution in [-0.4, -0.2) is 18.0 Å². The zero-order valence-corrected chi connectivity index (χ0v) is 14.7. The Morgan fingerprint density at radius 2 is 1.78 bits per heavy atom. The van der Waals surface area contributed by atoms with Crippen molar-refractivity contribution in [2.45, 2.75) is 12.5 Å². The highest BCUT2D eigenvalue weighted by Gasteiger charge is 2.17. The first kappa shape index (κ1) is 18.5. The van der Waals surface area contributed by atoms with E-state index in [1.807, 2.05) is 12.1 Å². The van der Waals surface area contributed by atoms with Crippen LogP contribution in [0.5, 0.6) is 5.75 Å². The van der Waals surface area contributed by atoms with Crippen molar-refractivity contribution in [2.75, 3.05) is 7.11 Å². The predicted octanol–water partition coefficient (Wildman–Crippen LogP) is 4.08. The molecule has 1 aromatic heterocycles. The van der Waals surface area contributed by atoms with Crippen LogP contribution in [0.4, 0.5) is 8.78 Å². The summed E-state index contributed by atoms with van der Waals surface area (Å²) < 4.78 is 31.7. The number of nitrogens with zero attached hydrogens (tertiary/aromatic N) is 1. The van der Waals surface area contributed by atoms with Gasteiger partial charge < -0.3 is 10.1 Å². The molecule has 2 aromatic carbocycles. The first-order valence-electron chi connectivity index (χ1n) is 8.36. The van der Waals surface area contributed by atoms with Gasteiger partial charge in [0.2, 0.25) is 5.95 Å². The number of benzene rings is 2. The summed E-state index contributed by atoms with van der Waals surface area (Å²) in [5, 5.41) is 2.91. The smallest absolute Gasteiger partial charge is 0.251 e. The lowest BCUT2D eigenvalue weighted by Gasteiger charge is -2.20. The Kier molecular flexibility index (Phi) is 5.76. The van der Waals surface area contributed by atoms with Crippen molar-refractivity contribution in [2.24, 2.45) is 0 Å². The minimum Gasteiger partial charge on any atom is -0.497 e. The zero-order chi connectivity index (χ0) is 19.2. The topological polar surface area (TPSA) is 51.2 Å². The fourth-order valence-electron chi connectivity index (χ4n) is 2.73. The molecule has 0 aliphatic carbocycles. The molecule has 6 heteroatoms. The summed E-state index contributed by atoms with van der Waals surface area (Å²) in [6, 6.07) is 15.5. The van der Waals surface area contributed by atoms with Crippen LogP contribution < -0.4 is 10.1 Å². The third kappa shape index (κ3) is 4.88. The Labute approximate surface area is 155 Å². The van der Waals surface area contributed by atoms with E-state index in [0.717, 1.165) is 17.2 Å². The van der Waals surface area contributed by atoms with Crippen LogP contribution in [-0.2, 0) is 6.42 Å². The van der Waals surface area contributed by atoms with Crippen molar-refractivity contribution in [1.82, 2.24) is 10.3 Å². The summed E-state index contributed by atoms with van der Waals surface area (Å²) in [6.45, 7) is 0. The minimum absolute atomic E-state index is 0.181. The van der Waals surface area contributed by atoms with E-state index in [1.54, 1.807) is 31.4 Å². The molecule has 1 unspecified atom stereocenters. The number of aromatic nitrogens is 1. The van der Waals surface area contributed by atoms with Gasteiger partial charge in [-0.05, 0) is 47.9 Å². The van der Waals surface area contributed by atoms with Gasteiger partial charge in [-0.15, -0.1) is 0 Å². The molecule has 0 saturated carbocycles. The van der Waals surface area contributed by atoms with Gasteiger partial charge >= 0.3 is 0 Å². The highest BCUT2D eigenvalue weighted by molar-refractivity contribution is 5.94. The number of methoxy groups -OCH3 is 1. The van der Waals surface area contributed by atoms with Crippen LogP contribution in [0, 0.1) is 11.8 Å². The molecule has 4 nitrogen and oxygen atoms in total. The quantitative estimate of drug-likeness (QED) is 0.667. The lowest BCUT2D eigenvalue weighted by Crippen LogP contribution is -2.30. The molecular weight excluding hydrogens is 350 g/mol. The number of amides is 1. The van der Waals surface area contributed by atoms with E-state index in [4.69, 9.17) is 4.74 Å². The standard InChI is InChI=1S/C21H18F2N2O2/c1-27-18-8-4-15(5-9-18)19(12-14-2-6-17(22)7-3-14)25-21(26)16-10-11-24-20(23)13-16/h2-11,13,19H,12H2,1H3,(H,25,26). The van der Waals surface area contributed by atoms with Crippen LogP contribution in [0.15, 0.2) is 66.9 Å². The summed E-state index contributed by atoms with van der Waals surface area (Å²) in [4.78, 5) is 16.0. The van der Waals surface area contributed by atoms with Crippen LogP contribution in [0.3, 0.4) is 0 Å². The summed E-state index contributed by atoms with van der Waals surface area (Å²) >= 11 is 0. The monoisotopic (exact) mass is 368 g/mol. The number of carbonyl (C=O) groups excluding carboxylic acids is 1. The SMILES string of the molecule is COc1ccc(C(Cc2ccc(F)cc2)NC(=O)c2ccnc(F)c2)cc1. The van der Waals surface area contributed by atoms with E-state index >= 15 is 0 Å². The molecule has 0 saturated heterocycles. The maximum absolute atomic E-state index is 13.3. The second-order valence-electron chi connectivity index (χ2n) is 6.00. The Balaban J connectivity index is 1.85. The van der Waals surface area contributed by atoms with E-state index in [0.29, 0.717) is 12.2 Å². The average molecular weight is 368 g/mol. The number of nitrogens with one attached hydrogen (secondary N) is 1. The number of hydrogen-bond donors (Lipinski definition) is 1. The fourth-order valence-corrected chi connectivity index (χ4v) is 2.73. The molecule has 0 spiro atoms. The van der Waals surface area contributed by atoms with Crippen LogP contribution in [0.2, 0.25) is 0 Å². The Morgan fingerprint density at radius 3 is 2.41 bits per heavy atom. The Hall–Kier alpha value is -3.28. The molecule has 0 aliphatic heterocycles. The van der Waals surface area contributed by atoms with Crippen LogP contribution in [0.25, 0.3) is 0 Å². The molecule has 0 fully saturated rings. The van der Waals surface area contributed by atoms with Gasteiger partial charge in [0.1, 0.15) is 11.6 Å². The third-order valence-corrected chi connectivity index (χ3v) is 4.17. The van der Waals surface area contributed by atoms with Crippen molar-refractivity contribution in [3.63, 3.8) is 0 Å². The van der Waals surface area contributed by atoms with Crippen molar-refractivity contribution < 1.29 is 18.3 Å². The van der Waals surface area contributed by atoms with E-state index in [2.05, 4.69) is 10.3 Å². The van der Waals surface area contributed by atoms with Gasteiger partial charge in [0.15, 0.2) is 0 Å². The van der Waals surface area contributed by atoms with Crippen molar-refractivity contribution in [3.8, 4) is 5.75 Å². The van der Waals surface area contributed by atoms with Crippen LogP contribution >= 0.6 is 0 Å². The van der Waals surface area contributed by atoms with Crippen molar-refractivity contribution in [3.05, 3.63) is 95.3 Å². The number of halogens is 2. The molecule has 27 heavy (non-hydrogen) atoms. The molecule has 1 N–H and O–H groups in total. The Morgan fingerprint density at radius 1 is 1.07 bits per heavy atom. The largest absolute Gasteiger partial charge is 0.497 e. The second kappa shape index (κ2) is 8.40. The summed E-state index contributed by atoms with van der Waals surface area (Å²) in [7, 11) is 1.57. The molecule has 138 valence electrons. The molecule has 0 radical (unpaired) electrons. The van der Waals surface area contributed by atoms with Gasteiger partial charge in [-0.1, -0.05) is 24.3 Å². The Bertz CT molecular complexity index is 912. The number of ether oxygens (including phenoxy) is 1. The normalized spacial score (nSPS) is 11.7. The molecule has 1 heterocycles. The van der Waals surface area contributed by atoms with Gasteiger partial charge in [0.25, 0.3) is 5.91 Å². The highest BCUT2D eigenvalue weighted by Crippen LogP contribution is 2.22. The van der Waals surface area contributed by atoms with Crippen LogP contribution in [0.1, 0.15) is 27.5 Å². The van der Waals surface area contributed by atoms with Gasteiger partial charge in [0, 0.05) is 17.8 Å². The molecule has 3 rings (SSSR count). The number of carbonyl (C=O) groups is 1. The molecule has 1 atom stereocenters. The van der Waals surface area contributed by atoms with Crippen molar-refractivity contribution >= 4 is 5.91 Å². The molecule has 1 amide bonds. The van der Waals surface area contributed by atoms with Gasteiger partial charge in [-0.3, -0.25) is 4.79 Å². The van der Waals surface area contributed by atoms with Gasteiger partial charge in [0.05, 0.1) is 13.2 Å². The summed E-state index contributed by atoms with van der Waals surface area (Å²) in [5.74, 6) is -0.765. The first-order valence-corrected chi connectivity index (χ1v) is 8.36. The number of pyridine rings is 1. The van der Waals surface area contributed by atoms with Gasteiger partial charge in [-0.25, -0.2) is 9.37 Å². The van der Waals surface area contributed by atoms with Gasteiger partial charge in [-0.2, -0.15) is 4.39 Å². The second-order valence-corrected chi connectivity index (χ2v) is 6.00. The fraction of sp³-hybridized carbons (Fsp3) is 0.143.